The number of hydrogen-bond donors (Lipinski definition) is 3. The third-order valence-corrected chi connectivity index (χ3v) is 6.44. The van der Waals surface area contributed by atoms with Gasteiger partial charge < -0.3 is 30.0 Å². The zero-order valence-electron chi connectivity index (χ0n) is 19.9. The third-order valence-electron chi connectivity index (χ3n) is 6.44. The number of hydrogen-bond acceptors (Lipinski definition) is 6. The standard InChI is InChI=1S/C26H35N3O5/c1-3-27-26(31)28-22-10-8-21(9-11-22)25-33-23(16-29-12-14-32-15-13-29)18(2)24(34-25)20-6-4-19(17-30)5-7-20/h4-11,18,23-25,30H,3,12-17H2,1-2H3,(H2,27,28,31). The van der Waals surface area contributed by atoms with Crippen LogP contribution < -0.4 is 10.6 Å². The number of urea groups is 1. The van der Waals surface area contributed by atoms with Crippen molar-refractivity contribution >= 4 is 11.7 Å². The van der Waals surface area contributed by atoms with Gasteiger partial charge in [0.2, 0.25) is 0 Å². The van der Waals surface area contributed by atoms with Crippen molar-refractivity contribution in [1.82, 2.24) is 10.2 Å². The van der Waals surface area contributed by atoms with Crippen LogP contribution in [0.25, 0.3) is 0 Å². The highest BCUT2D eigenvalue weighted by atomic mass is 16.7. The SMILES string of the molecule is CCNC(=O)Nc1ccc(C2OC(CN3CCOCC3)C(C)C(c3ccc(CO)cc3)O2)cc1. The van der Waals surface area contributed by atoms with Crippen molar-refractivity contribution < 1.29 is 24.1 Å². The van der Waals surface area contributed by atoms with Crippen LogP contribution in [0.2, 0.25) is 0 Å². The van der Waals surface area contributed by atoms with Gasteiger partial charge in [-0.25, -0.2) is 4.79 Å². The van der Waals surface area contributed by atoms with Gasteiger partial charge in [0, 0.05) is 43.3 Å². The van der Waals surface area contributed by atoms with E-state index in [1.165, 1.54) is 0 Å². The fourth-order valence-electron chi connectivity index (χ4n) is 4.43. The number of rotatable bonds is 7. The maximum absolute atomic E-state index is 11.8. The number of morpholine rings is 1. The van der Waals surface area contributed by atoms with Gasteiger partial charge in [0.25, 0.3) is 0 Å². The number of ether oxygens (including phenoxy) is 3. The summed E-state index contributed by atoms with van der Waals surface area (Å²) in [5, 5.41) is 15.0. The largest absolute Gasteiger partial charge is 0.392 e. The number of nitrogens with zero attached hydrogens (tertiary/aromatic N) is 1. The van der Waals surface area contributed by atoms with Crippen LogP contribution in [0, 0.1) is 5.92 Å². The van der Waals surface area contributed by atoms with Crippen LogP contribution in [0.15, 0.2) is 48.5 Å². The van der Waals surface area contributed by atoms with Gasteiger partial charge in [-0.05, 0) is 30.2 Å². The van der Waals surface area contributed by atoms with Crippen molar-refractivity contribution in [2.75, 3.05) is 44.7 Å². The maximum atomic E-state index is 11.8. The van der Waals surface area contributed by atoms with Crippen molar-refractivity contribution in [3.8, 4) is 0 Å². The zero-order chi connectivity index (χ0) is 23.9. The zero-order valence-corrected chi connectivity index (χ0v) is 19.9. The van der Waals surface area contributed by atoms with E-state index < -0.39 is 6.29 Å². The summed E-state index contributed by atoms with van der Waals surface area (Å²) in [5.41, 5.74) is 3.55. The predicted molar refractivity (Wildman–Crippen MR) is 129 cm³/mol. The minimum Gasteiger partial charge on any atom is -0.392 e. The molecule has 0 aliphatic carbocycles. The summed E-state index contributed by atoms with van der Waals surface area (Å²) in [6.07, 6.45) is -0.693. The topological polar surface area (TPSA) is 92.3 Å². The van der Waals surface area contributed by atoms with Gasteiger partial charge >= 0.3 is 6.03 Å². The highest BCUT2D eigenvalue weighted by Crippen LogP contribution is 2.42. The predicted octanol–water partition coefficient (Wildman–Crippen LogP) is 3.44. The molecule has 34 heavy (non-hydrogen) atoms. The Bertz CT molecular complexity index is 915. The molecule has 2 heterocycles. The molecule has 2 amide bonds. The average Bonchev–Trinajstić information content (AvgIpc) is 2.87. The fraction of sp³-hybridized carbons (Fsp3) is 0.500. The molecule has 4 atom stereocenters. The van der Waals surface area contributed by atoms with E-state index in [0.29, 0.717) is 12.2 Å². The third kappa shape index (κ3) is 6.14. The number of aliphatic hydroxyl groups is 1. The molecule has 4 rings (SSSR count). The monoisotopic (exact) mass is 469 g/mol. The van der Waals surface area contributed by atoms with Crippen molar-refractivity contribution in [3.05, 3.63) is 65.2 Å². The Labute approximate surface area is 201 Å². The van der Waals surface area contributed by atoms with Crippen molar-refractivity contribution in [2.45, 2.75) is 39.0 Å². The lowest BCUT2D eigenvalue weighted by Crippen LogP contribution is -2.47. The fourth-order valence-corrected chi connectivity index (χ4v) is 4.43. The minimum absolute atomic E-state index is 0.0173. The van der Waals surface area contributed by atoms with Crippen LogP contribution in [0.1, 0.15) is 42.9 Å². The summed E-state index contributed by atoms with van der Waals surface area (Å²) >= 11 is 0. The molecule has 2 aromatic carbocycles. The van der Waals surface area contributed by atoms with Crippen molar-refractivity contribution in [2.24, 2.45) is 5.92 Å². The molecule has 0 radical (unpaired) electrons. The first-order valence-corrected chi connectivity index (χ1v) is 12.0. The van der Waals surface area contributed by atoms with Crippen LogP contribution in [0.3, 0.4) is 0 Å². The number of benzene rings is 2. The quantitative estimate of drug-likeness (QED) is 0.575. The van der Waals surface area contributed by atoms with E-state index in [4.69, 9.17) is 14.2 Å². The molecular weight excluding hydrogens is 434 g/mol. The van der Waals surface area contributed by atoms with E-state index in [1.807, 2.05) is 55.5 Å². The Hall–Kier alpha value is -2.49. The summed E-state index contributed by atoms with van der Waals surface area (Å²) in [6.45, 7) is 8.73. The molecular formula is C26H35N3O5. The molecule has 0 bridgehead atoms. The molecule has 2 fully saturated rings. The van der Waals surface area contributed by atoms with Gasteiger partial charge in [0.1, 0.15) is 0 Å². The molecule has 3 N–H and O–H groups in total. The number of anilines is 1. The summed E-state index contributed by atoms with van der Waals surface area (Å²) in [6, 6.07) is 15.3. The normalized spacial score (nSPS) is 25.6. The Morgan fingerprint density at radius 1 is 1.03 bits per heavy atom. The van der Waals surface area contributed by atoms with E-state index in [2.05, 4.69) is 22.5 Å². The molecule has 2 aliphatic rings. The summed E-state index contributed by atoms with van der Waals surface area (Å²) < 4.78 is 18.5. The second kappa shape index (κ2) is 11.8. The number of carbonyl (C=O) groups is 1. The summed E-state index contributed by atoms with van der Waals surface area (Å²) in [4.78, 5) is 14.2. The van der Waals surface area contributed by atoms with E-state index in [9.17, 15) is 9.90 Å². The molecule has 0 saturated carbocycles. The Morgan fingerprint density at radius 3 is 2.35 bits per heavy atom. The molecule has 0 spiro atoms. The van der Waals surface area contributed by atoms with Crippen LogP contribution >= 0.6 is 0 Å². The first-order valence-electron chi connectivity index (χ1n) is 12.0. The van der Waals surface area contributed by atoms with Crippen LogP contribution in [-0.4, -0.2) is 61.5 Å². The van der Waals surface area contributed by atoms with Crippen LogP contribution in [-0.2, 0) is 20.8 Å². The van der Waals surface area contributed by atoms with Gasteiger partial charge in [0.05, 0.1) is 32.0 Å². The van der Waals surface area contributed by atoms with Crippen LogP contribution in [0.4, 0.5) is 10.5 Å². The lowest BCUT2D eigenvalue weighted by atomic mass is 9.90. The van der Waals surface area contributed by atoms with E-state index >= 15 is 0 Å². The van der Waals surface area contributed by atoms with E-state index in [0.717, 1.165) is 49.5 Å². The molecule has 2 aromatic rings. The smallest absolute Gasteiger partial charge is 0.319 e. The van der Waals surface area contributed by atoms with E-state index in [-0.39, 0.29) is 30.8 Å². The molecule has 2 saturated heterocycles. The molecule has 184 valence electrons. The first-order chi connectivity index (χ1) is 16.6. The van der Waals surface area contributed by atoms with E-state index in [1.54, 1.807) is 0 Å². The second-order valence-corrected chi connectivity index (χ2v) is 8.84. The Balaban J connectivity index is 1.53. The first kappa shape index (κ1) is 24.6. The Morgan fingerprint density at radius 2 is 1.71 bits per heavy atom. The molecule has 8 nitrogen and oxygen atoms in total. The molecule has 4 unspecified atom stereocenters. The van der Waals surface area contributed by atoms with Crippen molar-refractivity contribution in [1.29, 1.82) is 0 Å². The lowest BCUT2D eigenvalue weighted by molar-refractivity contribution is -0.277. The minimum atomic E-state index is -0.525. The number of amides is 2. The Kier molecular flexibility index (Phi) is 8.53. The van der Waals surface area contributed by atoms with Gasteiger partial charge in [-0.1, -0.05) is 43.3 Å². The number of aliphatic hydroxyl groups excluding tert-OH is 1. The number of carbonyl (C=O) groups excluding carboxylic acids is 1. The van der Waals surface area contributed by atoms with Gasteiger partial charge in [-0.3, -0.25) is 4.90 Å². The average molecular weight is 470 g/mol. The van der Waals surface area contributed by atoms with Gasteiger partial charge in [-0.2, -0.15) is 0 Å². The molecule has 2 aliphatic heterocycles. The maximum Gasteiger partial charge on any atom is 0.319 e. The van der Waals surface area contributed by atoms with Gasteiger partial charge in [0.15, 0.2) is 6.29 Å². The highest BCUT2D eigenvalue weighted by Gasteiger charge is 2.39. The van der Waals surface area contributed by atoms with Gasteiger partial charge in [-0.15, -0.1) is 0 Å². The second-order valence-electron chi connectivity index (χ2n) is 8.84. The van der Waals surface area contributed by atoms with Crippen LogP contribution in [0.5, 0.6) is 0 Å². The number of nitrogens with one attached hydrogen (secondary N) is 2. The summed E-state index contributed by atoms with van der Waals surface area (Å²) in [5.74, 6) is 0.137. The van der Waals surface area contributed by atoms with Crippen molar-refractivity contribution in [3.63, 3.8) is 0 Å². The molecule has 0 aromatic heterocycles. The molecule has 8 heteroatoms. The highest BCUT2D eigenvalue weighted by molar-refractivity contribution is 5.89. The summed E-state index contributed by atoms with van der Waals surface area (Å²) in [7, 11) is 0. The lowest BCUT2D eigenvalue weighted by Gasteiger charge is -2.43.